The minimum atomic E-state index is -0.829. The molecule has 2 heterocycles. The number of likely N-dealkylation sites (tertiary alicyclic amines) is 1. The van der Waals surface area contributed by atoms with E-state index in [9.17, 15) is 19.5 Å². The number of hydrogen-bond acceptors (Lipinski definition) is 6. The second kappa shape index (κ2) is 13.2. The number of allylic oxidation sites excluding steroid dienone is 1. The van der Waals surface area contributed by atoms with Crippen LogP contribution in [0.4, 0.5) is 0 Å². The molecule has 224 valence electrons. The molecule has 0 spiro atoms. The number of carboxylic acids is 1. The highest BCUT2D eigenvalue weighted by molar-refractivity contribution is 6.06. The number of phenolic OH excluding ortho intramolecular Hbond substituents is 1. The third kappa shape index (κ3) is 6.01. The molecule has 2 fully saturated rings. The lowest BCUT2D eigenvalue weighted by Gasteiger charge is -2.31. The van der Waals surface area contributed by atoms with Crippen LogP contribution >= 0.6 is 0 Å². The fourth-order valence-electron chi connectivity index (χ4n) is 7.11. The molecule has 3 aliphatic rings. The number of aliphatic carboxylic acids is 1. The average molecular weight is 576 g/mol. The van der Waals surface area contributed by atoms with Crippen LogP contribution in [0.2, 0.25) is 0 Å². The van der Waals surface area contributed by atoms with Crippen molar-refractivity contribution in [2.75, 3.05) is 26.9 Å². The standard InChI is InChI=1S/C34H41NO7/c1-3-21(17-22-13-14-28(36)25-10-7-6-9-24(22)25)12-15-29-31-23(19-41-2)18-26-32(27(31)20-42-29)34(40)35(33(26)39)16-8-4-5-11-30(37)38/h6-7,9-10,13-14,17,26-27,29,32,36H,3-5,8,11-12,15-16,18-20H2,1-2H3,(H,37,38)/b21-17+/t26-,27+,29-,32-/m1/s1. The van der Waals surface area contributed by atoms with Crippen LogP contribution in [-0.4, -0.2) is 65.9 Å². The summed E-state index contributed by atoms with van der Waals surface area (Å²) in [6.45, 7) is 3.33. The van der Waals surface area contributed by atoms with E-state index < -0.39 is 11.9 Å². The summed E-state index contributed by atoms with van der Waals surface area (Å²) in [6.07, 6.45) is 7.01. The SMILES string of the molecule is CC/C(=C\c1ccc(O)c2ccccc12)CC[C@H]1OC[C@H]2C1=C(COC)C[C@H]1C(=O)N(CCCCCC(=O)O)C(=O)[C@H]12. The second-order valence-electron chi connectivity index (χ2n) is 11.7. The lowest BCUT2D eigenvalue weighted by Crippen LogP contribution is -2.35. The summed E-state index contributed by atoms with van der Waals surface area (Å²) >= 11 is 0. The fraction of sp³-hybridized carbons (Fsp3) is 0.500. The Morgan fingerprint density at radius 1 is 1.05 bits per heavy atom. The maximum absolute atomic E-state index is 13.6. The summed E-state index contributed by atoms with van der Waals surface area (Å²) in [5, 5.41) is 21.0. The Kier molecular flexibility index (Phi) is 9.43. The number of methoxy groups -OCH3 is 1. The molecule has 2 aromatic rings. The molecular formula is C34H41NO7. The van der Waals surface area contributed by atoms with Gasteiger partial charge in [-0.15, -0.1) is 0 Å². The molecule has 8 heteroatoms. The van der Waals surface area contributed by atoms with Gasteiger partial charge in [-0.05, 0) is 66.7 Å². The number of ether oxygens (including phenoxy) is 2. The minimum Gasteiger partial charge on any atom is -0.507 e. The van der Waals surface area contributed by atoms with Gasteiger partial charge >= 0.3 is 5.97 Å². The van der Waals surface area contributed by atoms with E-state index in [1.54, 1.807) is 13.2 Å². The Labute approximate surface area is 247 Å². The molecule has 2 saturated heterocycles. The van der Waals surface area contributed by atoms with Crippen LogP contribution in [0, 0.1) is 17.8 Å². The van der Waals surface area contributed by atoms with E-state index in [1.165, 1.54) is 10.5 Å². The third-order valence-electron chi connectivity index (χ3n) is 9.17. The smallest absolute Gasteiger partial charge is 0.303 e. The monoisotopic (exact) mass is 575 g/mol. The average Bonchev–Trinajstić information content (AvgIpc) is 3.51. The summed E-state index contributed by atoms with van der Waals surface area (Å²) in [5.74, 6) is -1.69. The van der Waals surface area contributed by atoms with E-state index in [1.807, 2.05) is 30.3 Å². The molecule has 42 heavy (non-hydrogen) atoms. The van der Waals surface area contributed by atoms with Gasteiger partial charge in [0.1, 0.15) is 5.75 Å². The number of fused-ring (bicyclic) bond motifs is 4. The Balaban J connectivity index is 1.30. The molecule has 0 radical (unpaired) electrons. The zero-order chi connectivity index (χ0) is 29.8. The van der Waals surface area contributed by atoms with Crippen LogP contribution in [0.5, 0.6) is 5.75 Å². The number of amides is 2. The number of carbonyl (C=O) groups excluding carboxylic acids is 2. The zero-order valence-electron chi connectivity index (χ0n) is 24.5. The molecule has 2 amide bonds. The van der Waals surface area contributed by atoms with Gasteiger partial charge in [-0.25, -0.2) is 0 Å². The molecule has 8 nitrogen and oxygen atoms in total. The highest BCUT2D eigenvalue weighted by atomic mass is 16.5. The highest BCUT2D eigenvalue weighted by Gasteiger charge is 2.56. The van der Waals surface area contributed by atoms with Crippen LogP contribution in [0.25, 0.3) is 16.8 Å². The van der Waals surface area contributed by atoms with E-state index in [4.69, 9.17) is 14.6 Å². The molecule has 2 aliphatic heterocycles. The van der Waals surface area contributed by atoms with E-state index in [0.717, 1.165) is 46.7 Å². The predicted molar refractivity (Wildman–Crippen MR) is 160 cm³/mol. The lowest BCUT2D eigenvalue weighted by atomic mass is 9.69. The Hall–Kier alpha value is -3.49. The number of benzene rings is 2. The maximum Gasteiger partial charge on any atom is 0.303 e. The van der Waals surface area contributed by atoms with Gasteiger partial charge in [0.25, 0.3) is 0 Å². The third-order valence-corrected chi connectivity index (χ3v) is 9.17. The summed E-state index contributed by atoms with van der Waals surface area (Å²) in [6, 6.07) is 11.6. The van der Waals surface area contributed by atoms with Gasteiger partial charge in [0.05, 0.1) is 31.2 Å². The van der Waals surface area contributed by atoms with Crippen molar-refractivity contribution in [2.24, 2.45) is 17.8 Å². The normalized spacial score (nSPS) is 24.0. The summed E-state index contributed by atoms with van der Waals surface area (Å²) in [4.78, 5) is 39.1. The van der Waals surface area contributed by atoms with Crippen molar-refractivity contribution in [3.8, 4) is 5.75 Å². The number of imide groups is 1. The van der Waals surface area contributed by atoms with Gasteiger partial charge < -0.3 is 19.7 Å². The molecule has 0 aromatic heterocycles. The predicted octanol–water partition coefficient (Wildman–Crippen LogP) is 5.73. The van der Waals surface area contributed by atoms with Crippen LogP contribution in [0.15, 0.2) is 53.1 Å². The first-order chi connectivity index (χ1) is 20.3. The number of rotatable bonds is 13. The zero-order valence-corrected chi connectivity index (χ0v) is 24.5. The first-order valence-electron chi connectivity index (χ1n) is 15.1. The van der Waals surface area contributed by atoms with Crippen molar-refractivity contribution in [3.05, 3.63) is 58.7 Å². The summed E-state index contributed by atoms with van der Waals surface area (Å²) < 4.78 is 11.9. The van der Waals surface area contributed by atoms with Crippen molar-refractivity contribution < 1.29 is 34.1 Å². The first-order valence-corrected chi connectivity index (χ1v) is 15.1. The van der Waals surface area contributed by atoms with Crippen molar-refractivity contribution in [2.45, 2.75) is 64.4 Å². The molecule has 0 saturated carbocycles. The number of aromatic hydroxyl groups is 1. The Bertz CT molecular complexity index is 1410. The van der Waals surface area contributed by atoms with Crippen LogP contribution < -0.4 is 0 Å². The van der Waals surface area contributed by atoms with Gasteiger partial charge in [0.2, 0.25) is 11.8 Å². The Morgan fingerprint density at radius 3 is 2.57 bits per heavy atom. The lowest BCUT2D eigenvalue weighted by molar-refractivity contribution is -0.141. The van der Waals surface area contributed by atoms with Gasteiger partial charge in [-0.3, -0.25) is 19.3 Å². The van der Waals surface area contributed by atoms with E-state index >= 15 is 0 Å². The van der Waals surface area contributed by atoms with Crippen LogP contribution in [0.3, 0.4) is 0 Å². The molecule has 2 N–H and O–H groups in total. The fourth-order valence-corrected chi connectivity index (χ4v) is 7.11. The molecule has 5 rings (SSSR count). The van der Waals surface area contributed by atoms with Gasteiger partial charge in [-0.2, -0.15) is 0 Å². The highest BCUT2D eigenvalue weighted by Crippen LogP contribution is 2.50. The van der Waals surface area contributed by atoms with E-state index in [0.29, 0.717) is 45.4 Å². The molecule has 4 atom stereocenters. The second-order valence-corrected chi connectivity index (χ2v) is 11.7. The molecule has 0 bridgehead atoms. The number of unbranched alkanes of at least 4 members (excludes halogenated alkanes) is 2. The number of hydrogen-bond donors (Lipinski definition) is 2. The van der Waals surface area contributed by atoms with Crippen molar-refractivity contribution in [1.82, 2.24) is 4.90 Å². The van der Waals surface area contributed by atoms with Gasteiger partial charge in [0, 0.05) is 31.4 Å². The van der Waals surface area contributed by atoms with Crippen molar-refractivity contribution >= 4 is 34.6 Å². The number of nitrogens with zero attached hydrogens (tertiary/aromatic N) is 1. The van der Waals surface area contributed by atoms with Crippen LogP contribution in [0.1, 0.15) is 63.9 Å². The van der Waals surface area contributed by atoms with Gasteiger partial charge in [-0.1, -0.05) is 55.3 Å². The Morgan fingerprint density at radius 2 is 1.83 bits per heavy atom. The summed E-state index contributed by atoms with van der Waals surface area (Å²) in [7, 11) is 1.66. The molecule has 1 aliphatic carbocycles. The topological polar surface area (TPSA) is 113 Å². The van der Waals surface area contributed by atoms with E-state index in [-0.39, 0.29) is 41.9 Å². The summed E-state index contributed by atoms with van der Waals surface area (Å²) in [5.41, 5.74) is 4.58. The molecular weight excluding hydrogens is 534 g/mol. The number of phenols is 1. The quantitative estimate of drug-likeness (QED) is 0.178. The molecule has 2 aromatic carbocycles. The number of carbonyl (C=O) groups is 3. The van der Waals surface area contributed by atoms with Crippen LogP contribution in [-0.2, 0) is 23.9 Å². The molecule has 0 unspecified atom stereocenters. The van der Waals surface area contributed by atoms with Crippen molar-refractivity contribution in [1.29, 1.82) is 0 Å². The number of carboxylic acid groups (broad SMARTS) is 1. The largest absolute Gasteiger partial charge is 0.507 e. The minimum absolute atomic E-state index is 0.0993. The van der Waals surface area contributed by atoms with Gasteiger partial charge in [0.15, 0.2) is 0 Å². The maximum atomic E-state index is 13.6. The van der Waals surface area contributed by atoms with E-state index in [2.05, 4.69) is 13.0 Å². The first kappa shape index (κ1) is 30.0. The van der Waals surface area contributed by atoms with Crippen molar-refractivity contribution in [3.63, 3.8) is 0 Å².